The Morgan fingerprint density at radius 2 is 2.07 bits per heavy atom. The molecule has 0 unspecified atom stereocenters. The zero-order valence-electron chi connectivity index (χ0n) is 7.73. The number of phenolic OH excluding ortho intramolecular Hbond substituents is 1. The predicted octanol–water partition coefficient (Wildman–Crippen LogP) is 1.92. The van der Waals surface area contributed by atoms with Crippen molar-refractivity contribution in [1.29, 1.82) is 5.41 Å². The fourth-order valence-corrected chi connectivity index (χ4v) is 1.98. The molecule has 1 heterocycles. The van der Waals surface area contributed by atoms with Crippen molar-refractivity contribution >= 4 is 28.5 Å². The summed E-state index contributed by atoms with van der Waals surface area (Å²) in [5.74, 6) is -0.377. The minimum atomic E-state index is -0.355. The molecule has 4 nitrogen and oxygen atoms in total. The molecule has 1 aromatic rings. The van der Waals surface area contributed by atoms with E-state index in [1.54, 1.807) is 18.2 Å². The maximum absolute atomic E-state index is 11.6. The lowest BCUT2D eigenvalue weighted by molar-refractivity contribution is -0.113. The molecule has 0 bridgehead atoms. The van der Waals surface area contributed by atoms with Crippen LogP contribution in [0.1, 0.15) is 0 Å². The van der Waals surface area contributed by atoms with Gasteiger partial charge in [0.25, 0.3) is 5.91 Å². The lowest BCUT2D eigenvalue weighted by atomic mass is 10.2. The predicted molar refractivity (Wildman–Crippen MR) is 60.1 cm³/mol. The van der Waals surface area contributed by atoms with Crippen LogP contribution >= 0.6 is 11.8 Å². The van der Waals surface area contributed by atoms with Crippen LogP contribution in [0.5, 0.6) is 5.75 Å². The Labute approximate surface area is 90.7 Å². The molecule has 15 heavy (non-hydrogen) atoms. The summed E-state index contributed by atoms with van der Waals surface area (Å²) in [7, 11) is 0. The van der Waals surface area contributed by atoms with Crippen molar-refractivity contribution in [1.82, 2.24) is 0 Å². The van der Waals surface area contributed by atoms with E-state index in [0.29, 0.717) is 10.6 Å². The molecule has 0 aliphatic carbocycles. The van der Waals surface area contributed by atoms with Gasteiger partial charge in [-0.1, -0.05) is 18.7 Å². The second-order valence-corrected chi connectivity index (χ2v) is 4.04. The zero-order valence-corrected chi connectivity index (χ0v) is 8.54. The Morgan fingerprint density at radius 3 is 2.60 bits per heavy atom. The van der Waals surface area contributed by atoms with Crippen molar-refractivity contribution in [2.45, 2.75) is 0 Å². The summed E-state index contributed by atoms with van der Waals surface area (Å²) in [6, 6.07) is 6.41. The zero-order chi connectivity index (χ0) is 11.0. The minimum absolute atomic E-state index is 0.0223. The van der Waals surface area contributed by atoms with Gasteiger partial charge in [0.05, 0.1) is 10.6 Å². The average Bonchev–Trinajstić information content (AvgIpc) is 2.43. The SMILES string of the molecule is C=C1SC(=N)N(c2ccccc2O)C1=O. The van der Waals surface area contributed by atoms with E-state index in [1.807, 2.05) is 0 Å². The van der Waals surface area contributed by atoms with Crippen molar-refractivity contribution in [2.24, 2.45) is 0 Å². The highest BCUT2D eigenvalue weighted by Gasteiger charge is 2.33. The van der Waals surface area contributed by atoms with E-state index >= 15 is 0 Å². The van der Waals surface area contributed by atoms with Gasteiger partial charge in [-0.3, -0.25) is 15.1 Å². The van der Waals surface area contributed by atoms with Crippen molar-refractivity contribution in [3.8, 4) is 5.75 Å². The van der Waals surface area contributed by atoms with Gasteiger partial charge in [0.1, 0.15) is 5.75 Å². The highest BCUT2D eigenvalue weighted by Crippen LogP contribution is 2.36. The van der Waals surface area contributed by atoms with Crippen molar-refractivity contribution < 1.29 is 9.90 Å². The summed E-state index contributed by atoms with van der Waals surface area (Å²) in [5, 5.41) is 17.2. The molecule has 0 saturated carbocycles. The van der Waals surface area contributed by atoms with E-state index < -0.39 is 0 Å². The molecule has 2 rings (SSSR count). The van der Waals surface area contributed by atoms with E-state index in [1.165, 1.54) is 6.07 Å². The van der Waals surface area contributed by atoms with Gasteiger partial charge in [0.15, 0.2) is 5.17 Å². The topological polar surface area (TPSA) is 64.4 Å². The summed E-state index contributed by atoms with van der Waals surface area (Å²) < 4.78 is 0. The fourth-order valence-electron chi connectivity index (χ4n) is 1.29. The summed E-state index contributed by atoms with van der Waals surface area (Å²) in [4.78, 5) is 13.1. The third-order valence-electron chi connectivity index (χ3n) is 1.99. The molecule has 76 valence electrons. The number of nitrogens with one attached hydrogen (secondary N) is 1. The molecule has 5 heteroatoms. The van der Waals surface area contributed by atoms with Gasteiger partial charge in [-0.05, 0) is 23.9 Å². The highest BCUT2D eigenvalue weighted by molar-refractivity contribution is 8.19. The lowest BCUT2D eigenvalue weighted by Gasteiger charge is -2.15. The number of nitrogens with zero attached hydrogens (tertiary/aromatic N) is 1. The Kier molecular flexibility index (Phi) is 2.24. The molecular weight excluding hydrogens is 212 g/mol. The van der Waals surface area contributed by atoms with Crippen LogP contribution in [-0.2, 0) is 4.79 Å². The van der Waals surface area contributed by atoms with Crippen LogP contribution in [0.3, 0.4) is 0 Å². The molecule has 0 spiro atoms. The third kappa shape index (κ3) is 1.50. The standard InChI is InChI=1S/C10H8N2O2S/c1-6-9(14)12(10(11)15-6)7-4-2-3-5-8(7)13/h2-5,11,13H,1H2. The molecule has 1 fully saturated rings. The number of anilines is 1. The summed E-state index contributed by atoms with van der Waals surface area (Å²) in [6.07, 6.45) is 0. The minimum Gasteiger partial charge on any atom is -0.506 e. The molecule has 1 amide bonds. The number of amidine groups is 1. The van der Waals surface area contributed by atoms with Crippen LogP contribution in [0.15, 0.2) is 35.7 Å². The van der Waals surface area contributed by atoms with Crippen LogP contribution in [-0.4, -0.2) is 16.2 Å². The molecular formula is C10H8N2O2S. The van der Waals surface area contributed by atoms with Gasteiger partial charge in [-0.15, -0.1) is 0 Å². The maximum Gasteiger partial charge on any atom is 0.270 e. The molecule has 0 aromatic heterocycles. The number of benzene rings is 1. The number of carbonyl (C=O) groups is 1. The Hall–Kier alpha value is -1.75. The van der Waals surface area contributed by atoms with Gasteiger partial charge >= 0.3 is 0 Å². The summed E-state index contributed by atoms with van der Waals surface area (Å²) in [5.41, 5.74) is 0.318. The van der Waals surface area contributed by atoms with Gasteiger partial charge < -0.3 is 5.11 Å². The van der Waals surface area contributed by atoms with Crippen LogP contribution in [0.4, 0.5) is 5.69 Å². The number of thioether (sulfide) groups is 1. The van der Waals surface area contributed by atoms with E-state index in [-0.39, 0.29) is 16.8 Å². The Balaban J connectivity index is 2.48. The first-order valence-corrected chi connectivity index (χ1v) is 5.00. The summed E-state index contributed by atoms with van der Waals surface area (Å²) >= 11 is 0.994. The van der Waals surface area contributed by atoms with Crippen molar-refractivity contribution in [3.05, 3.63) is 35.7 Å². The lowest BCUT2D eigenvalue weighted by Crippen LogP contribution is -2.27. The molecule has 0 radical (unpaired) electrons. The average molecular weight is 220 g/mol. The molecule has 2 N–H and O–H groups in total. The maximum atomic E-state index is 11.6. The number of rotatable bonds is 1. The highest BCUT2D eigenvalue weighted by atomic mass is 32.2. The number of hydrogen-bond donors (Lipinski definition) is 2. The van der Waals surface area contributed by atoms with Gasteiger partial charge in [0.2, 0.25) is 0 Å². The van der Waals surface area contributed by atoms with Crippen LogP contribution in [0.2, 0.25) is 0 Å². The largest absolute Gasteiger partial charge is 0.506 e. The number of amides is 1. The number of aromatic hydroxyl groups is 1. The second kappa shape index (κ2) is 3.43. The first-order chi connectivity index (χ1) is 7.11. The monoisotopic (exact) mass is 220 g/mol. The van der Waals surface area contributed by atoms with Crippen LogP contribution in [0, 0.1) is 5.41 Å². The molecule has 1 aliphatic heterocycles. The molecule has 1 saturated heterocycles. The number of para-hydroxylation sites is 2. The van der Waals surface area contributed by atoms with Gasteiger partial charge in [-0.2, -0.15) is 0 Å². The van der Waals surface area contributed by atoms with Crippen LogP contribution < -0.4 is 4.90 Å². The Morgan fingerprint density at radius 1 is 1.40 bits per heavy atom. The van der Waals surface area contributed by atoms with Gasteiger partial charge in [-0.25, -0.2) is 0 Å². The van der Waals surface area contributed by atoms with Crippen molar-refractivity contribution in [2.75, 3.05) is 4.90 Å². The van der Waals surface area contributed by atoms with Crippen LogP contribution in [0.25, 0.3) is 0 Å². The van der Waals surface area contributed by atoms with E-state index in [0.717, 1.165) is 16.7 Å². The number of hydrogen-bond acceptors (Lipinski definition) is 4. The number of phenols is 1. The van der Waals surface area contributed by atoms with E-state index in [9.17, 15) is 9.90 Å². The second-order valence-electron chi connectivity index (χ2n) is 2.96. The van der Waals surface area contributed by atoms with E-state index in [4.69, 9.17) is 5.41 Å². The Bertz CT molecular complexity index is 470. The molecule has 1 aromatic carbocycles. The van der Waals surface area contributed by atoms with E-state index in [2.05, 4.69) is 6.58 Å². The number of carbonyl (C=O) groups excluding carboxylic acids is 1. The normalized spacial score (nSPS) is 16.3. The smallest absolute Gasteiger partial charge is 0.270 e. The summed E-state index contributed by atoms with van der Waals surface area (Å²) in [6.45, 7) is 3.54. The van der Waals surface area contributed by atoms with Crippen molar-refractivity contribution in [3.63, 3.8) is 0 Å². The quantitative estimate of drug-likeness (QED) is 0.711. The molecule has 1 aliphatic rings. The van der Waals surface area contributed by atoms with Gasteiger partial charge in [0, 0.05) is 0 Å². The first-order valence-electron chi connectivity index (χ1n) is 4.19. The first kappa shape index (κ1) is 9.79. The fraction of sp³-hybridized carbons (Fsp3) is 0. The molecule has 0 atom stereocenters. The third-order valence-corrected chi connectivity index (χ3v) is 2.78.